The molecule has 2 saturated heterocycles. The van der Waals surface area contributed by atoms with Gasteiger partial charge in [-0.15, -0.1) is 0 Å². The van der Waals surface area contributed by atoms with E-state index in [0.29, 0.717) is 5.56 Å². The van der Waals surface area contributed by atoms with Crippen LogP contribution in [0.5, 0.6) is 40.2 Å². The first kappa shape index (κ1) is 40.0. The molecule has 2 aliphatic rings. The van der Waals surface area contributed by atoms with Gasteiger partial charge in [0, 0.05) is 23.8 Å². The Kier molecular flexibility index (Phi) is 11.6. The molecule has 10 atom stereocenters. The van der Waals surface area contributed by atoms with Crippen LogP contribution in [0.25, 0.3) is 22.3 Å². The van der Waals surface area contributed by atoms with Crippen molar-refractivity contribution in [3.8, 4) is 51.6 Å². The van der Waals surface area contributed by atoms with Crippen LogP contribution < -0.4 is 14.9 Å². The minimum Gasteiger partial charge on any atom is -0.508 e. The molecule has 0 saturated carbocycles. The number of benzene rings is 3. The SMILES string of the molecule is CC1OC(Oc2c(-c3ccc(O)c(OC4OC(COC(=O)C=CCc5ccc(O)c(O)c5)C(O)C(O)C4O)c3)oc3cc(O)cc(O)c3c2=O)C(O)C(O)C1O. The largest absolute Gasteiger partial charge is 0.508 e. The molecule has 1 aromatic heterocycles. The topological polar surface area (TPSA) is 316 Å². The van der Waals surface area contributed by atoms with Gasteiger partial charge < -0.3 is 84.3 Å². The van der Waals surface area contributed by atoms with Crippen molar-refractivity contribution in [1.82, 2.24) is 0 Å². The summed E-state index contributed by atoms with van der Waals surface area (Å²) in [4.78, 5) is 26.2. The molecule has 0 aliphatic carbocycles. The van der Waals surface area contributed by atoms with Crippen LogP contribution in [-0.4, -0.2) is 130 Å². The van der Waals surface area contributed by atoms with Gasteiger partial charge in [-0.3, -0.25) is 4.79 Å². The van der Waals surface area contributed by atoms with Gasteiger partial charge in [0.1, 0.15) is 71.8 Å². The molecule has 4 aromatic rings. The Morgan fingerprint density at radius 3 is 2.12 bits per heavy atom. The number of hydrogen-bond acceptors (Lipinski definition) is 19. The first-order chi connectivity index (χ1) is 26.5. The van der Waals surface area contributed by atoms with Crippen LogP contribution in [0.3, 0.4) is 0 Å². The molecular formula is C37H38O19. The van der Waals surface area contributed by atoms with Crippen molar-refractivity contribution in [1.29, 1.82) is 0 Å². The van der Waals surface area contributed by atoms with Crippen LogP contribution in [0.2, 0.25) is 0 Å². The molecule has 56 heavy (non-hydrogen) atoms. The third-order valence-electron chi connectivity index (χ3n) is 9.13. The van der Waals surface area contributed by atoms with Gasteiger partial charge in [-0.1, -0.05) is 12.1 Å². The second-order valence-corrected chi connectivity index (χ2v) is 13.1. The number of fused-ring (bicyclic) bond motifs is 1. The lowest BCUT2D eigenvalue weighted by Gasteiger charge is -2.39. The predicted molar refractivity (Wildman–Crippen MR) is 187 cm³/mol. The summed E-state index contributed by atoms with van der Waals surface area (Å²) in [7, 11) is 0. The predicted octanol–water partition coefficient (Wildman–Crippen LogP) is -0.277. The van der Waals surface area contributed by atoms with Crippen molar-refractivity contribution in [2.24, 2.45) is 0 Å². The summed E-state index contributed by atoms with van der Waals surface area (Å²) < 4.78 is 33.5. The van der Waals surface area contributed by atoms with Crippen LogP contribution >= 0.6 is 0 Å². The van der Waals surface area contributed by atoms with Gasteiger partial charge in [0.25, 0.3) is 0 Å². The molecule has 300 valence electrons. The minimum atomic E-state index is -1.93. The van der Waals surface area contributed by atoms with E-state index in [2.05, 4.69) is 0 Å². The third kappa shape index (κ3) is 8.15. The highest BCUT2D eigenvalue weighted by molar-refractivity contribution is 5.88. The maximum atomic E-state index is 13.8. The fourth-order valence-corrected chi connectivity index (χ4v) is 6.02. The molecule has 11 N–H and O–H groups in total. The van der Waals surface area contributed by atoms with Crippen LogP contribution in [0.15, 0.2) is 69.9 Å². The first-order valence-electron chi connectivity index (χ1n) is 17.0. The highest BCUT2D eigenvalue weighted by Gasteiger charge is 2.46. The molecule has 3 aromatic carbocycles. The van der Waals surface area contributed by atoms with E-state index in [-0.39, 0.29) is 29.1 Å². The van der Waals surface area contributed by atoms with Crippen molar-refractivity contribution in [2.45, 2.75) is 74.8 Å². The smallest absolute Gasteiger partial charge is 0.330 e. The maximum absolute atomic E-state index is 13.8. The number of ether oxygens (including phenoxy) is 5. The summed E-state index contributed by atoms with van der Waals surface area (Å²) in [6, 6.07) is 9.34. The molecule has 19 heteroatoms. The molecule has 0 radical (unpaired) electrons. The lowest BCUT2D eigenvalue weighted by molar-refractivity contribution is -0.278. The van der Waals surface area contributed by atoms with Gasteiger partial charge in [-0.2, -0.15) is 0 Å². The zero-order chi connectivity index (χ0) is 40.6. The molecule has 3 heterocycles. The normalized spacial score (nSPS) is 28.0. The zero-order valence-electron chi connectivity index (χ0n) is 29.1. The lowest BCUT2D eigenvalue weighted by Crippen LogP contribution is -2.60. The van der Waals surface area contributed by atoms with E-state index >= 15 is 0 Å². The van der Waals surface area contributed by atoms with Gasteiger partial charge in [0.05, 0.1) is 6.10 Å². The minimum absolute atomic E-state index is 0.0979. The van der Waals surface area contributed by atoms with E-state index < -0.39 is 119 Å². The number of phenolic OH excluding ortho intramolecular Hbond substituents is 5. The Morgan fingerprint density at radius 1 is 0.732 bits per heavy atom. The summed E-state index contributed by atoms with van der Waals surface area (Å²) in [6.07, 6.45) is -14.2. The molecule has 10 unspecified atom stereocenters. The molecular weight excluding hydrogens is 748 g/mol. The number of allylic oxidation sites excluding steroid dienone is 1. The molecule has 0 bridgehead atoms. The Hall–Kier alpha value is -5.64. The van der Waals surface area contributed by atoms with Gasteiger partial charge in [-0.25, -0.2) is 4.79 Å². The van der Waals surface area contributed by atoms with Gasteiger partial charge in [-0.05, 0) is 49.2 Å². The molecule has 19 nitrogen and oxygen atoms in total. The van der Waals surface area contributed by atoms with Crippen molar-refractivity contribution < 1.29 is 89.1 Å². The van der Waals surface area contributed by atoms with E-state index in [1.807, 2.05) is 0 Å². The fourth-order valence-electron chi connectivity index (χ4n) is 6.02. The summed E-state index contributed by atoms with van der Waals surface area (Å²) >= 11 is 0. The first-order valence-corrected chi connectivity index (χ1v) is 17.0. The highest BCUT2D eigenvalue weighted by Crippen LogP contribution is 2.40. The van der Waals surface area contributed by atoms with Crippen molar-refractivity contribution in [3.05, 3.63) is 76.5 Å². The number of carbonyl (C=O) groups excluding carboxylic acids is 1. The summed E-state index contributed by atoms with van der Waals surface area (Å²) in [5, 5.41) is 113. The van der Waals surface area contributed by atoms with E-state index in [0.717, 1.165) is 30.3 Å². The number of phenols is 5. The zero-order valence-corrected chi connectivity index (χ0v) is 29.1. The Labute approximate surface area is 315 Å². The Morgan fingerprint density at radius 2 is 1.41 bits per heavy atom. The molecule has 6 rings (SSSR count). The molecule has 0 amide bonds. The number of carbonyl (C=O) groups is 1. The van der Waals surface area contributed by atoms with Gasteiger partial charge in [0.2, 0.25) is 23.8 Å². The summed E-state index contributed by atoms with van der Waals surface area (Å²) in [5.74, 6) is -4.89. The van der Waals surface area contributed by atoms with Crippen LogP contribution in [0, 0.1) is 0 Å². The molecule has 0 spiro atoms. The highest BCUT2D eigenvalue weighted by atomic mass is 16.7. The van der Waals surface area contributed by atoms with Crippen molar-refractivity contribution in [3.63, 3.8) is 0 Å². The summed E-state index contributed by atoms with van der Waals surface area (Å²) in [6.45, 7) is 0.735. The lowest BCUT2D eigenvalue weighted by atomic mass is 9.99. The second-order valence-electron chi connectivity index (χ2n) is 13.1. The van der Waals surface area contributed by atoms with E-state index in [4.69, 9.17) is 28.1 Å². The monoisotopic (exact) mass is 786 g/mol. The maximum Gasteiger partial charge on any atom is 0.330 e. The van der Waals surface area contributed by atoms with Crippen LogP contribution in [0.4, 0.5) is 0 Å². The van der Waals surface area contributed by atoms with Gasteiger partial charge in [0.15, 0.2) is 28.8 Å². The second kappa shape index (κ2) is 16.2. The van der Waals surface area contributed by atoms with E-state index in [9.17, 15) is 65.8 Å². The Balaban J connectivity index is 1.24. The number of hydrogen-bond donors (Lipinski definition) is 11. The van der Waals surface area contributed by atoms with E-state index in [1.165, 1.54) is 37.3 Å². The van der Waals surface area contributed by atoms with E-state index in [1.54, 1.807) is 0 Å². The fraction of sp³-hybridized carbons (Fsp3) is 0.351. The van der Waals surface area contributed by atoms with Crippen molar-refractivity contribution in [2.75, 3.05) is 6.61 Å². The number of rotatable bonds is 10. The quantitative estimate of drug-likeness (QED) is 0.0559. The van der Waals surface area contributed by atoms with Crippen molar-refractivity contribution >= 4 is 16.9 Å². The summed E-state index contributed by atoms with van der Waals surface area (Å²) in [5.41, 5.74) is -0.904. The number of aliphatic hydroxyl groups is 6. The Bertz CT molecular complexity index is 2170. The third-order valence-corrected chi connectivity index (χ3v) is 9.13. The van der Waals surface area contributed by atoms with Crippen LogP contribution in [0.1, 0.15) is 12.5 Å². The van der Waals surface area contributed by atoms with Gasteiger partial charge >= 0.3 is 5.97 Å². The number of esters is 1. The molecule has 2 fully saturated rings. The molecule has 2 aliphatic heterocycles. The van der Waals surface area contributed by atoms with Crippen LogP contribution in [-0.2, 0) is 25.4 Å². The average Bonchev–Trinajstić information content (AvgIpc) is 3.15. The standard InChI is InChI=1S/C37H38O19/c1-14-27(44)30(47)32(49)36(52-14)56-35-29(46)26-21(42)11-17(38)12-23(26)53-34(35)16-6-8-19(40)22(10-16)54-37-33(50)31(48)28(45)24(55-37)13-51-25(43)4-2-3-15-5-7-18(39)20(41)9-15/h2,4-12,14,24,27-28,30-33,36-42,44-45,47-50H,3,13H2,1H3. The average molecular weight is 787 g/mol. The number of aliphatic hydroxyl groups excluding tert-OH is 6. The number of aromatic hydroxyl groups is 5.